The highest BCUT2D eigenvalue weighted by Crippen LogP contribution is 2.20. The molecule has 0 aliphatic rings. The molecule has 0 heterocycles. The first-order valence-corrected chi connectivity index (χ1v) is 23.1. The number of aliphatic hydroxyl groups excluding tert-OH is 6. The lowest BCUT2D eigenvalue weighted by molar-refractivity contribution is -0.173. The number of hydrogen-bond donors (Lipinski definition) is 6. The fourth-order valence-electron chi connectivity index (χ4n) is 6.54. The molecule has 0 fully saturated rings. The van der Waals surface area contributed by atoms with Crippen LogP contribution in [0, 0.1) is 0 Å². The summed E-state index contributed by atoms with van der Waals surface area (Å²) in [5, 5.41) is 59.6. The number of hydrogen-bond acceptors (Lipinski definition) is 15. The van der Waals surface area contributed by atoms with Gasteiger partial charge in [0.15, 0.2) is 0 Å². The summed E-state index contributed by atoms with van der Waals surface area (Å²) in [6.45, 7) is 11.4. The van der Waals surface area contributed by atoms with Crippen molar-refractivity contribution in [2.75, 3.05) is 106 Å². The topological polar surface area (TPSA) is 204 Å². The molecular formula is C44H90O15. The highest BCUT2D eigenvalue weighted by molar-refractivity contribution is 4.78. The van der Waals surface area contributed by atoms with E-state index in [1.165, 1.54) is 0 Å². The van der Waals surface area contributed by atoms with Crippen molar-refractivity contribution >= 4 is 0 Å². The van der Waals surface area contributed by atoms with Crippen molar-refractivity contribution < 1.29 is 73.3 Å². The molecule has 0 radical (unpaired) electrons. The zero-order valence-electron chi connectivity index (χ0n) is 37.6. The van der Waals surface area contributed by atoms with E-state index < -0.39 is 48.8 Å². The Kier molecular flexibility index (Phi) is 43.6. The van der Waals surface area contributed by atoms with E-state index in [0.717, 1.165) is 77.0 Å². The van der Waals surface area contributed by atoms with E-state index in [2.05, 4.69) is 27.7 Å². The van der Waals surface area contributed by atoms with Crippen LogP contribution in [0.2, 0.25) is 0 Å². The van der Waals surface area contributed by atoms with Crippen LogP contribution in [0.15, 0.2) is 0 Å². The molecule has 0 saturated heterocycles. The van der Waals surface area contributed by atoms with Crippen molar-refractivity contribution in [1.82, 2.24) is 0 Å². The van der Waals surface area contributed by atoms with Crippen molar-refractivity contribution in [2.45, 2.75) is 179 Å². The minimum atomic E-state index is -0.900. The summed E-state index contributed by atoms with van der Waals surface area (Å²) in [6.07, 6.45) is 10.1. The number of ether oxygens (including phenoxy) is 9. The van der Waals surface area contributed by atoms with Crippen LogP contribution < -0.4 is 0 Å². The Morgan fingerprint density at radius 3 is 0.814 bits per heavy atom. The molecule has 0 saturated carbocycles. The van der Waals surface area contributed by atoms with Gasteiger partial charge in [-0.15, -0.1) is 0 Å². The van der Waals surface area contributed by atoms with Gasteiger partial charge in [0.25, 0.3) is 0 Å². The summed E-state index contributed by atoms with van der Waals surface area (Å²) in [7, 11) is 0. The monoisotopic (exact) mass is 859 g/mol. The summed E-state index contributed by atoms with van der Waals surface area (Å²) >= 11 is 0. The van der Waals surface area contributed by atoms with Gasteiger partial charge in [-0.3, -0.25) is 0 Å². The molecule has 0 spiro atoms. The second-order valence-corrected chi connectivity index (χ2v) is 15.1. The Labute approximate surface area is 357 Å². The van der Waals surface area contributed by atoms with Crippen molar-refractivity contribution in [3.8, 4) is 0 Å². The number of rotatable bonds is 48. The molecule has 59 heavy (non-hydrogen) atoms. The van der Waals surface area contributed by atoms with Gasteiger partial charge in [-0.05, 0) is 25.7 Å². The molecule has 0 aliphatic heterocycles. The van der Waals surface area contributed by atoms with Gasteiger partial charge in [0.2, 0.25) is 0 Å². The largest absolute Gasteiger partial charge is 0.394 e. The van der Waals surface area contributed by atoms with E-state index in [1.807, 2.05) is 0 Å². The maximum atomic E-state index is 10.5. The number of unbranched alkanes of at least 4 members (excludes halogenated alkanes) is 8. The van der Waals surface area contributed by atoms with Gasteiger partial charge >= 0.3 is 0 Å². The lowest BCUT2D eigenvalue weighted by Gasteiger charge is -2.33. The van der Waals surface area contributed by atoms with E-state index in [0.29, 0.717) is 105 Å². The standard InChI is InChI=1S/C44H90O15/c1-5-9-13-17-39(37(49)33-45)55-29-25-51-21-23-53-27-31-57-41(19-15-11-7-3)43(35-47)59-44(36-48)42(20-16-12-8-4)58-32-28-54-24-22-52-26-30-56-40(38(50)34-46)18-14-10-6-2/h37-50H,5-36H2,1-4H3. The first kappa shape index (κ1) is 58.4. The summed E-state index contributed by atoms with van der Waals surface area (Å²) in [5.41, 5.74) is 0. The summed E-state index contributed by atoms with van der Waals surface area (Å²) in [6, 6.07) is 0. The lowest BCUT2D eigenvalue weighted by atomic mass is 10.0. The molecule has 15 nitrogen and oxygen atoms in total. The Bertz CT molecular complexity index is 767. The van der Waals surface area contributed by atoms with E-state index in [4.69, 9.17) is 42.6 Å². The molecule has 0 bridgehead atoms. The van der Waals surface area contributed by atoms with E-state index >= 15 is 0 Å². The van der Waals surface area contributed by atoms with E-state index in [1.54, 1.807) is 0 Å². The molecule has 356 valence electrons. The molecule has 6 N–H and O–H groups in total. The molecule has 0 aliphatic carbocycles. The van der Waals surface area contributed by atoms with Crippen LogP contribution in [0.1, 0.15) is 130 Å². The zero-order valence-corrected chi connectivity index (χ0v) is 37.6. The second kappa shape index (κ2) is 44.0. The average molecular weight is 859 g/mol. The fraction of sp³-hybridized carbons (Fsp3) is 1.00. The van der Waals surface area contributed by atoms with Gasteiger partial charge in [0.1, 0.15) is 24.4 Å². The van der Waals surface area contributed by atoms with Gasteiger partial charge in [-0.2, -0.15) is 0 Å². The third-order valence-corrected chi connectivity index (χ3v) is 10.1. The molecular weight excluding hydrogens is 768 g/mol. The van der Waals surface area contributed by atoms with Crippen LogP contribution in [0.5, 0.6) is 0 Å². The quantitative estimate of drug-likeness (QED) is 0.0471. The summed E-state index contributed by atoms with van der Waals surface area (Å²) < 4.78 is 53.0. The van der Waals surface area contributed by atoms with Gasteiger partial charge in [-0.25, -0.2) is 0 Å². The van der Waals surface area contributed by atoms with Crippen LogP contribution in [-0.4, -0.2) is 185 Å². The Balaban J connectivity index is 4.78. The van der Waals surface area contributed by atoms with Crippen LogP contribution >= 0.6 is 0 Å². The third-order valence-electron chi connectivity index (χ3n) is 10.1. The van der Waals surface area contributed by atoms with Gasteiger partial charge in [0.05, 0.1) is 130 Å². The SMILES string of the molecule is CCCCCC(OCCOCCOCCOC(CCCCC)C(CO)OC(CO)C(CCCCC)OCCOCCOCCOC(CCCCC)C(O)CO)C(O)CO. The highest BCUT2D eigenvalue weighted by atomic mass is 16.6. The van der Waals surface area contributed by atoms with Crippen molar-refractivity contribution in [1.29, 1.82) is 0 Å². The van der Waals surface area contributed by atoms with E-state index in [-0.39, 0.29) is 26.4 Å². The van der Waals surface area contributed by atoms with Gasteiger partial charge < -0.3 is 73.3 Å². The predicted octanol–water partition coefficient (Wildman–Crippen LogP) is 4.36. The van der Waals surface area contributed by atoms with Crippen molar-refractivity contribution in [2.24, 2.45) is 0 Å². The molecule has 0 aromatic carbocycles. The smallest absolute Gasteiger partial charge is 0.107 e. The van der Waals surface area contributed by atoms with E-state index in [9.17, 15) is 30.6 Å². The maximum Gasteiger partial charge on any atom is 0.107 e. The molecule has 8 atom stereocenters. The predicted molar refractivity (Wildman–Crippen MR) is 228 cm³/mol. The highest BCUT2D eigenvalue weighted by Gasteiger charge is 2.30. The molecule has 0 aromatic rings. The normalized spacial score (nSPS) is 16.2. The molecule has 15 heteroatoms. The molecule has 0 amide bonds. The van der Waals surface area contributed by atoms with Crippen LogP contribution in [0.4, 0.5) is 0 Å². The minimum absolute atomic E-state index is 0.268. The lowest BCUT2D eigenvalue weighted by Crippen LogP contribution is -2.44. The van der Waals surface area contributed by atoms with Crippen LogP contribution in [-0.2, 0) is 42.6 Å². The molecule has 8 unspecified atom stereocenters. The first-order chi connectivity index (χ1) is 28.9. The van der Waals surface area contributed by atoms with Crippen molar-refractivity contribution in [3.05, 3.63) is 0 Å². The zero-order chi connectivity index (χ0) is 43.6. The summed E-state index contributed by atoms with van der Waals surface area (Å²) in [5.74, 6) is 0. The van der Waals surface area contributed by atoms with Crippen molar-refractivity contribution in [3.63, 3.8) is 0 Å². The third kappa shape index (κ3) is 32.7. The molecule has 0 aromatic heterocycles. The van der Waals surface area contributed by atoms with Crippen LogP contribution in [0.3, 0.4) is 0 Å². The van der Waals surface area contributed by atoms with Gasteiger partial charge in [0, 0.05) is 0 Å². The minimum Gasteiger partial charge on any atom is -0.394 e. The Morgan fingerprint density at radius 1 is 0.305 bits per heavy atom. The Hall–Kier alpha value is -0.600. The summed E-state index contributed by atoms with van der Waals surface area (Å²) in [4.78, 5) is 0. The van der Waals surface area contributed by atoms with Crippen LogP contribution in [0.25, 0.3) is 0 Å². The fourth-order valence-corrected chi connectivity index (χ4v) is 6.54. The second-order valence-electron chi connectivity index (χ2n) is 15.1. The first-order valence-electron chi connectivity index (χ1n) is 23.1. The Morgan fingerprint density at radius 2 is 0.559 bits per heavy atom. The maximum absolute atomic E-state index is 10.5. The van der Waals surface area contributed by atoms with Gasteiger partial charge in [-0.1, -0.05) is 105 Å². The average Bonchev–Trinajstić information content (AvgIpc) is 3.25. The molecule has 0 rings (SSSR count). The number of aliphatic hydroxyl groups is 6.